The average molecular weight is 258 g/mol. The first-order valence-electron chi connectivity index (χ1n) is 7.28. The van der Waals surface area contributed by atoms with Gasteiger partial charge in [0.15, 0.2) is 0 Å². The highest BCUT2D eigenvalue weighted by atomic mass is 16.5. The highest BCUT2D eigenvalue weighted by Gasteiger charge is 2.28. The normalized spacial score (nSPS) is 21.4. The van der Waals surface area contributed by atoms with E-state index in [4.69, 9.17) is 4.74 Å². The molecule has 3 saturated heterocycles. The van der Waals surface area contributed by atoms with Crippen molar-refractivity contribution in [3.05, 3.63) is 29.7 Å². The lowest BCUT2D eigenvalue weighted by Gasteiger charge is -2.42. The fraction of sp³-hybridized carbons (Fsp3) is 0.562. The molecule has 1 aromatic heterocycles. The summed E-state index contributed by atoms with van der Waals surface area (Å²) >= 11 is 0. The minimum absolute atomic E-state index is 0.194. The van der Waals surface area contributed by atoms with E-state index >= 15 is 0 Å². The van der Waals surface area contributed by atoms with Crippen LogP contribution in [0.25, 0.3) is 6.08 Å². The third-order valence-electron chi connectivity index (χ3n) is 3.96. The molecule has 0 radical (unpaired) electrons. The Bertz CT molecular complexity index is 473. The molecule has 2 bridgehead atoms. The van der Waals surface area contributed by atoms with Gasteiger partial charge in [-0.25, -0.2) is 0 Å². The molecule has 0 atom stereocenters. The molecule has 3 aliphatic rings. The van der Waals surface area contributed by atoms with E-state index in [1.807, 2.05) is 20.0 Å². The maximum atomic E-state index is 5.70. The molecule has 3 fully saturated rings. The van der Waals surface area contributed by atoms with Crippen molar-refractivity contribution in [1.29, 1.82) is 0 Å². The lowest BCUT2D eigenvalue weighted by molar-refractivity contribution is 0.162. The van der Waals surface area contributed by atoms with E-state index in [0.29, 0.717) is 0 Å². The second-order valence-corrected chi connectivity index (χ2v) is 5.89. The second-order valence-electron chi connectivity index (χ2n) is 5.89. The van der Waals surface area contributed by atoms with Crippen molar-refractivity contribution in [1.82, 2.24) is 9.88 Å². The number of rotatable bonds is 3. The van der Waals surface area contributed by atoms with E-state index in [2.05, 4.69) is 22.0 Å². The maximum absolute atomic E-state index is 5.70. The molecule has 0 amide bonds. The number of piperidine rings is 3. The Hall–Kier alpha value is -1.51. The first kappa shape index (κ1) is 12.5. The van der Waals surface area contributed by atoms with Gasteiger partial charge >= 0.3 is 0 Å². The Morgan fingerprint density at radius 1 is 1.32 bits per heavy atom. The molecular weight excluding hydrogens is 236 g/mol. The molecule has 19 heavy (non-hydrogen) atoms. The van der Waals surface area contributed by atoms with Gasteiger partial charge in [0, 0.05) is 25.0 Å². The van der Waals surface area contributed by atoms with Gasteiger partial charge in [-0.2, -0.15) is 0 Å². The molecule has 0 saturated carbocycles. The minimum Gasteiger partial charge on any atom is -0.489 e. The summed E-state index contributed by atoms with van der Waals surface area (Å²) in [4.78, 5) is 6.80. The Morgan fingerprint density at radius 2 is 2.11 bits per heavy atom. The van der Waals surface area contributed by atoms with E-state index < -0.39 is 0 Å². The van der Waals surface area contributed by atoms with Crippen molar-refractivity contribution >= 4 is 6.08 Å². The summed E-state index contributed by atoms with van der Waals surface area (Å²) in [5.41, 5.74) is 2.63. The van der Waals surface area contributed by atoms with Crippen LogP contribution in [-0.2, 0) is 0 Å². The van der Waals surface area contributed by atoms with Crippen LogP contribution in [0.4, 0.5) is 0 Å². The number of nitrogens with zero attached hydrogens (tertiary/aromatic N) is 2. The summed E-state index contributed by atoms with van der Waals surface area (Å²) in [7, 11) is 0. The van der Waals surface area contributed by atoms with Gasteiger partial charge < -0.3 is 9.64 Å². The van der Waals surface area contributed by atoms with E-state index in [-0.39, 0.29) is 6.10 Å². The number of fused-ring (bicyclic) bond motifs is 3. The van der Waals surface area contributed by atoms with E-state index in [1.165, 1.54) is 38.0 Å². The summed E-state index contributed by atoms with van der Waals surface area (Å²) in [6.45, 7) is 6.53. The molecule has 1 aromatic rings. The molecular formula is C16H22N2O. The topological polar surface area (TPSA) is 25.4 Å². The largest absolute Gasteiger partial charge is 0.489 e. The zero-order valence-electron chi connectivity index (χ0n) is 11.8. The van der Waals surface area contributed by atoms with Gasteiger partial charge in [0.2, 0.25) is 0 Å². The zero-order chi connectivity index (χ0) is 13.2. The Morgan fingerprint density at radius 3 is 2.74 bits per heavy atom. The van der Waals surface area contributed by atoms with Crippen LogP contribution in [0.15, 0.2) is 24.2 Å². The predicted molar refractivity (Wildman–Crippen MR) is 76.9 cm³/mol. The quantitative estimate of drug-likeness (QED) is 0.831. The van der Waals surface area contributed by atoms with Crippen LogP contribution >= 0.6 is 0 Å². The predicted octanol–water partition coefficient (Wildman–Crippen LogP) is 3.33. The van der Waals surface area contributed by atoms with Gasteiger partial charge in [-0.15, -0.1) is 0 Å². The van der Waals surface area contributed by atoms with Gasteiger partial charge in [-0.1, -0.05) is 0 Å². The van der Waals surface area contributed by atoms with Gasteiger partial charge in [0.05, 0.1) is 12.3 Å². The van der Waals surface area contributed by atoms with Crippen molar-refractivity contribution in [3.8, 4) is 5.75 Å². The smallest absolute Gasteiger partial charge is 0.138 e. The first-order chi connectivity index (χ1) is 9.20. The second kappa shape index (κ2) is 5.24. The molecule has 102 valence electrons. The lowest BCUT2D eigenvalue weighted by atomic mass is 9.85. The van der Waals surface area contributed by atoms with Crippen LogP contribution in [0, 0.1) is 5.92 Å². The molecule has 4 heterocycles. The van der Waals surface area contributed by atoms with Crippen molar-refractivity contribution in [2.75, 3.05) is 13.1 Å². The molecule has 0 spiro atoms. The Kier molecular flexibility index (Phi) is 3.45. The number of allylic oxidation sites excluding steroid dienone is 1. The molecule has 4 rings (SSSR count). The molecule has 0 unspecified atom stereocenters. The molecule has 3 nitrogen and oxygen atoms in total. The monoisotopic (exact) mass is 258 g/mol. The number of hydrogen-bond donors (Lipinski definition) is 0. The summed E-state index contributed by atoms with van der Waals surface area (Å²) in [5, 5.41) is 0. The third kappa shape index (κ3) is 2.91. The first-order valence-corrected chi connectivity index (χ1v) is 7.28. The fourth-order valence-corrected chi connectivity index (χ4v) is 3.04. The zero-order valence-corrected chi connectivity index (χ0v) is 11.8. The van der Waals surface area contributed by atoms with Gasteiger partial charge in [-0.3, -0.25) is 4.98 Å². The molecule has 3 heteroatoms. The highest BCUT2D eigenvalue weighted by molar-refractivity contribution is 5.53. The number of ether oxygens (including phenoxy) is 1. The van der Waals surface area contributed by atoms with Gasteiger partial charge in [0.1, 0.15) is 5.75 Å². The third-order valence-corrected chi connectivity index (χ3v) is 3.96. The van der Waals surface area contributed by atoms with E-state index in [0.717, 1.165) is 17.2 Å². The lowest BCUT2D eigenvalue weighted by Crippen LogP contribution is -2.39. The van der Waals surface area contributed by atoms with Crippen molar-refractivity contribution in [2.45, 2.75) is 39.2 Å². The standard InChI is InChI=1S/C16H22N2O/c1-12(2)19-16-9-14(10-17-11-16)8-15-7-13-3-5-18(15)6-4-13/h8-13H,3-7H2,1-2H3/b15-8+. The van der Waals surface area contributed by atoms with Crippen LogP contribution < -0.4 is 4.74 Å². The number of aromatic nitrogens is 1. The highest BCUT2D eigenvalue weighted by Crippen LogP contribution is 2.35. The summed E-state index contributed by atoms with van der Waals surface area (Å²) < 4.78 is 5.70. The van der Waals surface area contributed by atoms with Crippen molar-refractivity contribution in [3.63, 3.8) is 0 Å². The number of hydrogen-bond acceptors (Lipinski definition) is 3. The number of pyridine rings is 1. The van der Waals surface area contributed by atoms with Gasteiger partial charge in [-0.05, 0) is 56.7 Å². The van der Waals surface area contributed by atoms with Crippen LogP contribution in [0.2, 0.25) is 0 Å². The summed E-state index contributed by atoms with van der Waals surface area (Å²) in [5.74, 6) is 1.76. The van der Waals surface area contributed by atoms with Gasteiger partial charge in [0.25, 0.3) is 0 Å². The molecule has 0 aromatic carbocycles. The summed E-state index contributed by atoms with van der Waals surface area (Å²) in [6, 6.07) is 2.09. The van der Waals surface area contributed by atoms with Crippen molar-refractivity contribution in [2.24, 2.45) is 5.92 Å². The maximum Gasteiger partial charge on any atom is 0.138 e. The SMILES string of the molecule is CC(C)Oc1cncc(/C=C2\CC3CCN2CC3)c1. The molecule has 0 aliphatic carbocycles. The van der Waals surface area contributed by atoms with Crippen LogP contribution in [0.5, 0.6) is 5.75 Å². The van der Waals surface area contributed by atoms with Crippen LogP contribution in [0.1, 0.15) is 38.7 Å². The fourth-order valence-electron chi connectivity index (χ4n) is 3.04. The Labute approximate surface area is 115 Å². The van der Waals surface area contributed by atoms with Crippen LogP contribution in [-0.4, -0.2) is 29.1 Å². The average Bonchev–Trinajstić information content (AvgIpc) is 2.39. The summed E-state index contributed by atoms with van der Waals surface area (Å²) in [6.07, 6.45) is 10.1. The minimum atomic E-state index is 0.194. The molecule has 0 N–H and O–H groups in total. The molecule has 3 aliphatic heterocycles. The van der Waals surface area contributed by atoms with E-state index in [9.17, 15) is 0 Å². The van der Waals surface area contributed by atoms with Crippen LogP contribution in [0.3, 0.4) is 0 Å². The van der Waals surface area contributed by atoms with Crippen molar-refractivity contribution < 1.29 is 4.74 Å². The Balaban J connectivity index is 1.79. The van der Waals surface area contributed by atoms with E-state index in [1.54, 1.807) is 6.20 Å².